The average molecular weight is 335 g/mol. The Labute approximate surface area is 148 Å². The normalized spacial score (nSPS) is 11.8. The Balaban J connectivity index is 1.93. The Hall–Kier alpha value is -3.73. The molecule has 3 aromatic carbocycles. The lowest BCUT2D eigenvalue weighted by Gasteiger charge is -2.07. The standard InChI is InChI=1S/C21H13N5/c1-2-8-14(9-3-1)19-20-21-22-15-10-4-5-11-16(15)25(21)17-12-6-7-13-18(17)26(20)24-23-19/h1-13H. The zero-order chi connectivity index (χ0) is 17.1. The molecule has 6 rings (SSSR count). The third-order valence-corrected chi connectivity index (χ3v) is 4.84. The number of rotatable bonds is 1. The van der Waals surface area contributed by atoms with Crippen LogP contribution in [0.25, 0.3) is 44.5 Å². The molecule has 0 N–H and O–H groups in total. The second-order valence-electron chi connectivity index (χ2n) is 6.31. The van der Waals surface area contributed by atoms with E-state index in [1.54, 1.807) is 0 Å². The first-order valence-electron chi connectivity index (χ1n) is 8.50. The van der Waals surface area contributed by atoms with Crippen molar-refractivity contribution in [2.45, 2.75) is 0 Å². The van der Waals surface area contributed by atoms with E-state index in [1.165, 1.54) is 0 Å². The quantitative estimate of drug-likeness (QED) is 0.449. The highest BCUT2D eigenvalue weighted by Gasteiger charge is 2.19. The molecule has 0 atom stereocenters. The molecule has 122 valence electrons. The van der Waals surface area contributed by atoms with Crippen LogP contribution in [-0.2, 0) is 0 Å². The van der Waals surface area contributed by atoms with Crippen molar-refractivity contribution in [2.24, 2.45) is 0 Å². The Morgan fingerprint density at radius 3 is 2.19 bits per heavy atom. The van der Waals surface area contributed by atoms with Crippen LogP contribution in [0.4, 0.5) is 0 Å². The fourth-order valence-electron chi connectivity index (χ4n) is 3.70. The van der Waals surface area contributed by atoms with Gasteiger partial charge in [-0.05, 0) is 24.3 Å². The molecule has 5 heteroatoms. The van der Waals surface area contributed by atoms with Crippen LogP contribution in [0.5, 0.6) is 0 Å². The van der Waals surface area contributed by atoms with Gasteiger partial charge in [-0.15, -0.1) is 5.10 Å². The van der Waals surface area contributed by atoms with Gasteiger partial charge in [-0.25, -0.2) is 9.50 Å². The molecule has 6 aromatic rings. The van der Waals surface area contributed by atoms with Gasteiger partial charge in [-0.2, -0.15) is 0 Å². The minimum absolute atomic E-state index is 0.844. The predicted molar refractivity (Wildman–Crippen MR) is 102 cm³/mol. The highest BCUT2D eigenvalue weighted by atomic mass is 15.4. The fraction of sp³-hybridized carbons (Fsp3) is 0. The van der Waals surface area contributed by atoms with Crippen LogP contribution in [0.15, 0.2) is 78.9 Å². The molecule has 0 aliphatic heterocycles. The largest absolute Gasteiger partial charge is 0.289 e. The lowest BCUT2D eigenvalue weighted by Crippen LogP contribution is -1.98. The zero-order valence-corrected chi connectivity index (χ0v) is 13.7. The van der Waals surface area contributed by atoms with Crippen molar-refractivity contribution < 1.29 is 0 Å². The van der Waals surface area contributed by atoms with E-state index in [0.29, 0.717) is 0 Å². The number of hydrogen-bond donors (Lipinski definition) is 0. The molecule has 0 unspecified atom stereocenters. The molecule has 0 saturated heterocycles. The van der Waals surface area contributed by atoms with Gasteiger partial charge in [0.25, 0.3) is 0 Å². The number of fused-ring (bicyclic) bond motifs is 8. The number of aromatic nitrogens is 5. The van der Waals surface area contributed by atoms with Crippen LogP contribution >= 0.6 is 0 Å². The molecule has 0 radical (unpaired) electrons. The van der Waals surface area contributed by atoms with Crippen LogP contribution in [0.1, 0.15) is 0 Å². The minimum Gasteiger partial charge on any atom is -0.289 e. The van der Waals surface area contributed by atoms with Gasteiger partial charge in [0.2, 0.25) is 0 Å². The minimum atomic E-state index is 0.844. The summed E-state index contributed by atoms with van der Waals surface area (Å²) in [4.78, 5) is 4.91. The van der Waals surface area contributed by atoms with Crippen LogP contribution in [0.2, 0.25) is 0 Å². The average Bonchev–Trinajstić information content (AvgIpc) is 3.31. The Morgan fingerprint density at radius 2 is 1.35 bits per heavy atom. The summed E-state index contributed by atoms with van der Waals surface area (Å²) in [7, 11) is 0. The summed E-state index contributed by atoms with van der Waals surface area (Å²) in [5.41, 5.74) is 7.79. The van der Waals surface area contributed by atoms with Gasteiger partial charge in [-0.3, -0.25) is 4.40 Å². The molecule has 0 spiro atoms. The number of hydrogen-bond acceptors (Lipinski definition) is 3. The third kappa shape index (κ3) is 1.66. The van der Waals surface area contributed by atoms with Crippen molar-refractivity contribution in [3.05, 3.63) is 78.9 Å². The molecular formula is C21H13N5. The van der Waals surface area contributed by atoms with Crippen LogP contribution < -0.4 is 0 Å². The maximum atomic E-state index is 4.91. The van der Waals surface area contributed by atoms with Gasteiger partial charge in [0, 0.05) is 5.56 Å². The summed E-state index contributed by atoms with van der Waals surface area (Å²) in [6, 6.07) is 26.6. The molecule has 0 bridgehead atoms. The number of benzene rings is 3. The second kappa shape index (κ2) is 4.89. The molecular weight excluding hydrogens is 322 g/mol. The van der Waals surface area contributed by atoms with Gasteiger partial charge in [0.1, 0.15) is 11.2 Å². The maximum absolute atomic E-state index is 4.91. The predicted octanol–water partition coefficient (Wildman–Crippen LogP) is 4.35. The highest BCUT2D eigenvalue weighted by molar-refractivity contribution is 5.99. The molecule has 26 heavy (non-hydrogen) atoms. The summed E-state index contributed by atoms with van der Waals surface area (Å²) in [5.74, 6) is 0. The Kier molecular flexibility index (Phi) is 2.55. The Bertz CT molecular complexity index is 1430. The van der Waals surface area contributed by atoms with Gasteiger partial charge < -0.3 is 0 Å². The molecule has 5 nitrogen and oxygen atoms in total. The molecule has 0 aliphatic carbocycles. The summed E-state index contributed by atoms with van der Waals surface area (Å²) in [6.07, 6.45) is 0. The molecule has 0 saturated carbocycles. The van der Waals surface area contributed by atoms with Gasteiger partial charge in [-0.1, -0.05) is 59.8 Å². The number of nitrogens with zero attached hydrogens (tertiary/aromatic N) is 5. The maximum Gasteiger partial charge on any atom is 0.166 e. The first-order chi connectivity index (χ1) is 12.9. The van der Waals surface area contributed by atoms with Gasteiger partial charge in [0.05, 0.1) is 22.1 Å². The smallest absolute Gasteiger partial charge is 0.166 e. The van der Waals surface area contributed by atoms with E-state index in [-0.39, 0.29) is 0 Å². The van der Waals surface area contributed by atoms with E-state index in [1.807, 2.05) is 53.0 Å². The first-order valence-corrected chi connectivity index (χ1v) is 8.50. The van der Waals surface area contributed by atoms with Crippen molar-refractivity contribution in [1.29, 1.82) is 0 Å². The summed E-state index contributed by atoms with van der Waals surface area (Å²) in [6.45, 7) is 0. The second-order valence-corrected chi connectivity index (χ2v) is 6.31. The molecule has 3 aromatic heterocycles. The molecule has 3 heterocycles. The first kappa shape index (κ1) is 13.5. The summed E-state index contributed by atoms with van der Waals surface area (Å²) >= 11 is 0. The van der Waals surface area contributed by atoms with Crippen molar-refractivity contribution in [3.63, 3.8) is 0 Å². The van der Waals surface area contributed by atoms with Crippen LogP contribution in [-0.4, -0.2) is 24.2 Å². The van der Waals surface area contributed by atoms with E-state index < -0.39 is 0 Å². The lowest BCUT2D eigenvalue weighted by molar-refractivity contribution is 0.881. The van der Waals surface area contributed by atoms with Gasteiger partial charge in [0.15, 0.2) is 5.65 Å². The van der Waals surface area contributed by atoms with Crippen molar-refractivity contribution in [2.75, 3.05) is 0 Å². The van der Waals surface area contributed by atoms with E-state index in [9.17, 15) is 0 Å². The fourth-order valence-corrected chi connectivity index (χ4v) is 3.70. The lowest BCUT2D eigenvalue weighted by atomic mass is 10.1. The van der Waals surface area contributed by atoms with Crippen LogP contribution in [0, 0.1) is 0 Å². The number of para-hydroxylation sites is 4. The van der Waals surface area contributed by atoms with E-state index in [4.69, 9.17) is 4.98 Å². The molecule has 0 fully saturated rings. The molecule has 0 aliphatic rings. The summed E-state index contributed by atoms with van der Waals surface area (Å²) < 4.78 is 4.11. The van der Waals surface area contributed by atoms with E-state index in [0.717, 1.165) is 44.5 Å². The van der Waals surface area contributed by atoms with Crippen molar-refractivity contribution in [3.8, 4) is 11.3 Å². The SMILES string of the molecule is c1ccc(-c2nnn3c4ccccc4n4c5ccccc5nc4c23)cc1. The van der Waals surface area contributed by atoms with E-state index in [2.05, 4.69) is 45.0 Å². The van der Waals surface area contributed by atoms with E-state index >= 15 is 0 Å². The van der Waals surface area contributed by atoms with Crippen molar-refractivity contribution >= 4 is 33.2 Å². The zero-order valence-electron chi connectivity index (χ0n) is 13.7. The Morgan fingerprint density at radius 1 is 0.654 bits per heavy atom. The van der Waals surface area contributed by atoms with Gasteiger partial charge >= 0.3 is 0 Å². The topological polar surface area (TPSA) is 47.5 Å². The number of imidazole rings is 1. The monoisotopic (exact) mass is 335 g/mol. The third-order valence-electron chi connectivity index (χ3n) is 4.84. The highest BCUT2D eigenvalue weighted by Crippen LogP contribution is 2.31. The summed E-state index contributed by atoms with van der Waals surface area (Å²) in [5, 5.41) is 8.95. The van der Waals surface area contributed by atoms with Crippen LogP contribution in [0.3, 0.4) is 0 Å². The molecule has 0 amide bonds. The van der Waals surface area contributed by atoms with Crippen molar-refractivity contribution in [1.82, 2.24) is 24.2 Å².